The molecule has 0 aliphatic rings. The number of hydroxylamine groups is 1. The summed E-state index contributed by atoms with van der Waals surface area (Å²) in [5, 5.41) is 8.47. The van der Waals surface area contributed by atoms with Crippen molar-refractivity contribution in [3.05, 3.63) is 29.3 Å². The van der Waals surface area contributed by atoms with Crippen molar-refractivity contribution in [1.29, 1.82) is 0 Å². The lowest BCUT2D eigenvalue weighted by Crippen LogP contribution is -2.24. The molecule has 19 heavy (non-hydrogen) atoms. The molecule has 0 aliphatic carbocycles. The van der Waals surface area contributed by atoms with Crippen LogP contribution in [0.4, 0.5) is 13.2 Å². The van der Waals surface area contributed by atoms with Crippen molar-refractivity contribution in [3.63, 3.8) is 0 Å². The Morgan fingerprint density at radius 3 is 2.42 bits per heavy atom. The van der Waals surface area contributed by atoms with Crippen LogP contribution in [-0.4, -0.2) is 29.8 Å². The Bertz CT molecular complexity index is 502. The molecule has 4 N–H and O–H groups in total. The van der Waals surface area contributed by atoms with E-state index < -0.39 is 30.2 Å². The summed E-state index contributed by atoms with van der Waals surface area (Å²) in [6.07, 6.45) is -4.54. The summed E-state index contributed by atoms with van der Waals surface area (Å²) in [7, 11) is 0. The lowest BCUT2D eigenvalue weighted by molar-refractivity contribution is -0.153. The van der Waals surface area contributed by atoms with Crippen molar-refractivity contribution >= 4 is 11.8 Å². The number of nitrogens with one attached hydrogen (secondary N) is 1. The summed E-state index contributed by atoms with van der Waals surface area (Å²) in [5.41, 5.74) is 5.58. The number of alkyl halides is 3. The fraction of sp³-hybridized carbons (Fsp3) is 0.200. The Kier molecular flexibility index (Phi) is 4.33. The lowest BCUT2D eigenvalue weighted by atomic mass is 10.1. The number of carbonyl (C=O) groups is 2. The van der Waals surface area contributed by atoms with E-state index in [-0.39, 0.29) is 11.3 Å². The number of halogens is 3. The molecule has 104 valence electrons. The molecule has 0 spiro atoms. The van der Waals surface area contributed by atoms with Gasteiger partial charge < -0.3 is 10.5 Å². The number of hydrogen-bond acceptors (Lipinski definition) is 4. The van der Waals surface area contributed by atoms with Crippen LogP contribution in [0.1, 0.15) is 20.7 Å². The zero-order valence-electron chi connectivity index (χ0n) is 9.32. The summed E-state index contributed by atoms with van der Waals surface area (Å²) in [6, 6.07) is 2.95. The van der Waals surface area contributed by atoms with Gasteiger partial charge in [-0.05, 0) is 18.2 Å². The van der Waals surface area contributed by atoms with Crippen molar-refractivity contribution in [2.75, 3.05) is 6.61 Å². The summed E-state index contributed by atoms with van der Waals surface area (Å²) in [6.45, 7) is -1.55. The van der Waals surface area contributed by atoms with E-state index in [0.29, 0.717) is 0 Å². The van der Waals surface area contributed by atoms with Crippen LogP contribution in [0.2, 0.25) is 0 Å². The molecule has 1 aromatic carbocycles. The summed E-state index contributed by atoms with van der Waals surface area (Å²) < 4.78 is 40.3. The highest BCUT2D eigenvalue weighted by molar-refractivity contribution is 6.06. The number of hydrogen-bond donors (Lipinski definition) is 3. The largest absolute Gasteiger partial charge is 0.484 e. The monoisotopic (exact) mass is 278 g/mol. The van der Waals surface area contributed by atoms with Crippen molar-refractivity contribution < 1.29 is 32.7 Å². The molecule has 0 atom stereocenters. The van der Waals surface area contributed by atoms with E-state index >= 15 is 0 Å². The number of benzene rings is 1. The average Bonchev–Trinajstić information content (AvgIpc) is 2.34. The van der Waals surface area contributed by atoms with Crippen LogP contribution in [-0.2, 0) is 0 Å². The number of amides is 2. The standard InChI is InChI=1S/C10H9F3N2O4/c11-10(12,13)4-19-5-1-2-6(8(14)16)7(3-5)9(17)15-18/h1-3,18H,4H2,(H2,14,16)(H,15,17). The zero-order valence-corrected chi connectivity index (χ0v) is 9.32. The van der Waals surface area contributed by atoms with Crippen LogP contribution in [0.25, 0.3) is 0 Å². The Hall–Kier alpha value is -2.29. The maximum Gasteiger partial charge on any atom is 0.422 e. The topological polar surface area (TPSA) is 102 Å². The van der Waals surface area contributed by atoms with Crippen molar-refractivity contribution in [3.8, 4) is 5.75 Å². The van der Waals surface area contributed by atoms with Gasteiger partial charge in [0.2, 0.25) is 5.91 Å². The third-order valence-corrected chi connectivity index (χ3v) is 2.01. The van der Waals surface area contributed by atoms with Gasteiger partial charge in [0.15, 0.2) is 6.61 Å². The molecule has 0 bridgehead atoms. The molecule has 6 nitrogen and oxygen atoms in total. The van der Waals surface area contributed by atoms with Gasteiger partial charge in [0.1, 0.15) is 5.75 Å². The van der Waals surface area contributed by atoms with Crippen LogP contribution in [0.5, 0.6) is 5.75 Å². The zero-order chi connectivity index (χ0) is 14.6. The minimum atomic E-state index is -4.54. The number of rotatable bonds is 4. The molecule has 0 saturated heterocycles. The molecule has 1 aromatic rings. The first kappa shape index (κ1) is 14.8. The van der Waals surface area contributed by atoms with Gasteiger partial charge in [-0.25, -0.2) is 5.48 Å². The quantitative estimate of drug-likeness (QED) is 0.561. The van der Waals surface area contributed by atoms with Crippen molar-refractivity contribution in [2.45, 2.75) is 6.18 Å². The molecule has 0 fully saturated rings. The van der Waals surface area contributed by atoms with E-state index in [9.17, 15) is 22.8 Å². The Morgan fingerprint density at radius 2 is 1.95 bits per heavy atom. The predicted octanol–water partition coefficient (Wildman–Crippen LogP) is 0.846. The second-order valence-corrected chi connectivity index (χ2v) is 3.42. The first-order valence-corrected chi connectivity index (χ1v) is 4.82. The van der Waals surface area contributed by atoms with E-state index in [1.165, 1.54) is 5.48 Å². The molecule has 0 radical (unpaired) electrons. The van der Waals surface area contributed by atoms with Gasteiger partial charge in [0.05, 0.1) is 11.1 Å². The molecule has 0 heterocycles. The second kappa shape index (κ2) is 5.57. The van der Waals surface area contributed by atoms with Crippen molar-refractivity contribution in [2.24, 2.45) is 5.73 Å². The van der Waals surface area contributed by atoms with Crippen LogP contribution in [0.15, 0.2) is 18.2 Å². The smallest absolute Gasteiger partial charge is 0.422 e. The molecule has 2 amide bonds. The number of primary amides is 1. The minimum absolute atomic E-state index is 0.258. The fourth-order valence-corrected chi connectivity index (χ4v) is 1.24. The van der Waals surface area contributed by atoms with Crippen LogP contribution in [0, 0.1) is 0 Å². The van der Waals surface area contributed by atoms with E-state index in [1.54, 1.807) is 0 Å². The molecule has 0 saturated carbocycles. The molecule has 0 aliphatic heterocycles. The summed E-state index contributed by atoms with van der Waals surface area (Å²) >= 11 is 0. The normalized spacial score (nSPS) is 10.9. The molecule has 1 rings (SSSR count). The maximum absolute atomic E-state index is 12.0. The molecular formula is C10H9F3N2O4. The molecule has 9 heteroatoms. The number of carbonyl (C=O) groups excluding carboxylic acids is 2. The van der Waals surface area contributed by atoms with Gasteiger partial charge in [-0.3, -0.25) is 14.8 Å². The van der Waals surface area contributed by atoms with Crippen LogP contribution in [0.3, 0.4) is 0 Å². The summed E-state index contributed by atoms with van der Waals surface area (Å²) in [4.78, 5) is 22.3. The fourth-order valence-electron chi connectivity index (χ4n) is 1.24. The average molecular weight is 278 g/mol. The highest BCUT2D eigenvalue weighted by Gasteiger charge is 2.28. The van der Waals surface area contributed by atoms with E-state index in [0.717, 1.165) is 18.2 Å². The van der Waals surface area contributed by atoms with Crippen molar-refractivity contribution in [1.82, 2.24) is 5.48 Å². The third kappa shape index (κ3) is 4.14. The molecular weight excluding hydrogens is 269 g/mol. The Balaban J connectivity index is 3.05. The number of ether oxygens (including phenoxy) is 1. The van der Waals surface area contributed by atoms with Crippen LogP contribution < -0.4 is 16.0 Å². The van der Waals surface area contributed by atoms with Gasteiger partial charge in [-0.2, -0.15) is 13.2 Å². The first-order chi connectivity index (χ1) is 8.74. The Morgan fingerprint density at radius 1 is 1.32 bits per heavy atom. The second-order valence-electron chi connectivity index (χ2n) is 3.42. The highest BCUT2D eigenvalue weighted by Crippen LogP contribution is 2.21. The third-order valence-electron chi connectivity index (χ3n) is 2.01. The SMILES string of the molecule is NC(=O)c1ccc(OCC(F)(F)F)cc1C(=O)NO. The predicted molar refractivity (Wildman–Crippen MR) is 55.8 cm³/mol. The minimum Gasteiger partial charge on any atom is -0.484 e. The summed E-state index contributed by atoms with van der Waals surface area (Å²) in [5.74, 6) is -2.35. The lowest BCUT2D eigenvalue weighted by Gasteiger charge is -2.11. The van der Waals surface area contributed by atoms with E-state index in [1.807, 2.05) is 0 Å². The highest BCUT2D eigenvalue weighted by atomic mass is 19.4. The maximum atomic E-state index is 12.0. The first-order valence-electron chi connectivity index (χ1n) is 4.82. The van der Waals surface area contributed by atoms with E-state index in [4.69, 9.17) is 10.9 Å². The Labute approximate surface area is 104 Å². The van der Waals surface area contributed by atoms with Gasteiger partial charge in [0, 0.05) is 0 Å². The van der Waals surface area contributed by atoms with Gasteiger partial charge >= 0.3 is 6.18 Å². The van der Waals surface area contributed by atoms with Crippen LogP contribution >= 0.6 is 0 Å². The van der Waals surface area contributed by atoms with Gasteiger partial charge in [0.25, 0.3) is 5.91 Å². The molecule has 0 aromatic heterocycles. The van der Waals surface area contributed by atoms with Gasteiger partial charge in [-0.1, -0.05) is 0 Å². The molecule has 0 unspecified atom stereocenters. The van der Waals surface area contributed by atoms with E-state index in [2.05, 4.69) is 4.74 Å². The number of nitrogens with two attached hydrogens (primary N) is 1. The van der Waals surface area contributed by atoms with Gasteiger partial charge in [-0.15, -0.1) is 0 Å².